The van der Waals surface area contributed by atoms with E-state index < -0.39 is 29.2 Å². The molecule has 0 fully saturated rings. The van der Waals surface area contributed by atoms with Crippen LogP contribution in [0.2, 0.25) is 0 Å². The molecule has 0 aliphatic rings. The standard InChI is InChI=1S/C30H34N2O5/c1-29(2,3)37-28(36)32(4)25(27(34)35)20-21-26(33)31-30(22-14-8-5-9-15-22,23-16-10-6-11-17-23)24-18-12-7-13-19-24/h5-19,25H,20-21H2,1-4H3,(H,31,33)(H,34,35)/t25-/m0/s1. The Morgan fingerprint density at radius 3 is 1.57 bits per heavy atom. The highest BCUT2D eigenvalue weighted by Crippen LogP contribution is 2.37. The lowest BCUT2D eigenvalue weighted by molar-refractivity contribution is -0.143. The van der Waals surface area contributed by atoms with Gasteiger partial charge in [0.05, 0.1) is 0 Å². The Labute approximate surface area is 218 Å². The topological polar surface area (TPSA) is 95.9 Å². The fourth-order valence-electron chi connectivity index (χ4n) is 4.26. The van der Waals surface area contributed by atoms with Gasteiger partial charge in [0, 0.05) is 13.5 Å². The van der Waals surface area contributed by atoms with Crippen molar-refractivity contribution in [3.63, 3.8) is 0 Å². The average Bonchev–Trinajstić information content (AvgIpc) is 2.87. The van der Waals surface area contributed by atoms with Gasteiger partial charge in [-0.2, -0.15) is 0 Å². The number of carboxylic acid groups (broad SMARTS) is 1. The van der Waals surface area contributed by atoms with Gasteiger partial charge in [0.15, 0.2) is 0 Å². The van der Waals surface area contributed by atoms with Gasteiger partial charge in [0.2, 0.25) is 5.91 Å². The number of aliphatic carboxylic acids is 1. The first-order chi connectivity index (χ1) is 17.5. The van der Waals surface area contributed by atoms with Crippen LogP contribution >= 0.6 is 0 Å². The molecule has 1 atom stereocenters. The molecule has 0 bridgehead atoms. The molecule has 3 aromatic rings. The molecule has 0 saturated heterocycles. The molecular formula is C30H34N2O5. The van der Waals surface area contributed by atoms with E-state index in [0.29, 0.717) is 0 Å². The van der Waals surface area contributed by atoms with Crippen molar-refractivity contribution < 1.29 is 24.2 Å². The van der Waals surface area contributed by atoms with E-state index in [1.165, 1.54) is 7.05 Å². The molecule has 2 N–H and O–H groups in total. The summed E-state index contributed by atoms with van der Waals surface area (Å²) in [6.07, 6.45) is -0.948. The Morgan fingerprint density at radius 2 is 1.22 bits per heavy atom. The van der Waals surface area contributed by atoms with E-state index in [0.717, 1.165) is 21.6 Å². The number of benzene rings is 3. The first kappa shape index (κ1) is 27.5. The van der Waals surface area contributed by atoms with E-state index in [-0.39, 0.29) is 18.7 Å². The number of carboxylic acids is 1. The highest BCUT2D eigenvalue weighted by atomic mass is 16.6. The van der Waals surface area contributed by atoms with Crippen LogP contribution in [-0.2, 0) is 19.9 Å². The fourth-order valence-corrected chi connectivity index (χ4v) is 4.26. The maximum Gasteiger partial charge on any atom is 0.410 e. The summed E-state index contributed by atoms with van der Waals surface area (Å²) in [5.41, 5.74) is 0.813. The van der Waals surface area contributed by atoms with Crippen LogP contribution in [0.4, 0.5) is 4.79 Å². The second-order valence-corrected chi connectivity index (χ2v) is 9.88. The number of ether oxygens (including phenoxy) is 1. The number of nitrogens with zero attached hydrogens (tertiary/aromatic N) is 1. The lowest BCUT2D eigenvalue weighted by Crippen LogP contribution is -2.49. The molecule has 0 spiro atoms. The van der Waals surface area contributed by atoms with Crippen molar-refractivity contribution in [1.29, 1.82) is 0 Å². The normalized spacial score (nSPS) is 12.3. The van der Waals surface area contributed by atoms with Crippen molar-refractivity contribution in [3.8, 4) is 0 Å². The van der Waals surface area contributed by atoms with Gasteiger partial charge in [-0.3, -0.25) is 9.69 Å². The molecule has 2 amide bonds. The summed E-state index contributed by atoms with van der Waals surface area (Å²) in [6.45, 7) is 5.12. The van der Waals surface area contributed by atoms with E-state index in [9.17, 15) is 19.5 Å². The molecule has 0 saturated carbocycles. The number of carbonyl (C=O) groups excluding carboxylic acids is 2. The van der Waals surface area contributed by atoms with Crippen molar-refractivity contribution in [3.05, 3.63) is 108 Å². The third kappa shape index (κ3) is 6.76. The van der Waals surface area contributed by atoms with Crippen LogP contribution in [0.3, 0.4) is 0 Å². The zero-order valence-electron chi connectivity index (χ0n) is 21.7. The monoisotopic (exact) mass is 502 g/mol. The Hall–Kier alpha value is -4.13. The summed E-state index contributed by atoms with van der Waals surface area (Å²) in [4.78, 5) is 39.0. The third-order valence-corrected chi connectivity index (χ3v) is 6.03. The number of rotatable bonds is 9. The van der Waals surface area contributed by atoms with Crippen LogP contribution < -0.4 is 5.32 Å². The van der Waals surface area contributed by atoms with Gasteiger partial charge in [-0.15, -0.1) is 0 Å². The minimum atomic E-state index is -1.22. The van der Waals surface area contributed by atoms with E-state index >= 15 is 0 Å². The molecule has 7 heteroatoms. The summed E-state index contributed by atoms with van der Waals surface area (Å²) in [5.74, 6) is -1.55. The average molecular weight is 503 g/mol. The largest absolute Gasteiger partial charge is 0.480 e. The SMILES string of the molecule is CN(C(=O)OC(C)(C)C)[C@@H](CCC(=O)NC(c1ccccc1)(c1ccccc1)c1ccccc1)C(=O)O. The molecule has 3 rings (SSSR count). The highest BCUT2D eigenvalue weighted by molar-refractivity contribution is 5.83. The van der Waals surface area contributed by atoms with Crippen LogP contribution in [0, 0.1) is 0 Å². The maximum atomic E-state index is 13.5. The number of carbonyl (C=O) groups is 3. The predicted molar refractivity (Wildman–Crippen MR) is 142 cm³/mol. The zero-order chi connectivity index (χ0) is 27.1. The van der Waals surface area contributed by atoms with Gasteiger partial charge in [0.25, 0.3) is 0 Å². The predicted octanol–water partition coefficient (Wildman–Crippen LogP) is 5.20. The molecule has 37 heavy (non-hydrogen) atoms. The zero-order valence-corrected chi connectivity index (χ0v) is 21.7. The van der Waals surface area contributed by atoms with Gasteiger partial charge in [-0.25, -0.2) is 9.59 Å². The molecule has 0 aromatic heterocycles. The summed E-state index contributed by atoms with van der Waals surface area (Å²) < 4.78 is 5.31. The van der Waals surface area contributed by atoms with Crippen molar-refractivity contribution in [2.45, 2.75) is 50.8 Å². The van der Waals surface area contributed by atoms with Gasteiger partial charge in [-0.1, -0.05) is 91.0 Å². The minimum Gasteiger partial charge on any atom is -0.480 e. The van der Waals surface area contributed by atoms with Crippen molar-refractivity contribution >= 4 is 18.0 Å². The number of amides is 2. The molecule has 0 aliphatic heterocycles. The summed E-state index contributed by atoms with van der Waals surface area (Å²) in [6, 6.07) is 27.7. The maximum absolute atomic E-state index is 13.5. The van der Waals surface area contributed by atoms with E-state index in [1.807, 2.05) is 91.0 Å². The Balaban J connectivity index is 1.93. The number of hydrogen-bond acceptors (Lipinski definition) is 4. The van der Waals surface area contributed by atoms with Crippen molar-refractivity contribution in [2.24, 2.45) is 0 Å². The lowest BCUT2D eigenvalue weighted by Gasteiger charge is -2.37. The first-order valence-electron chi connectivity index (χ1n) is 12.2. The Kier molecular flexibility index (Phi) is 8.71. The van der Waals surface area contributed by atoms with Gasteiger partial charge in [-0.05, 0) is 43.9 Å². The van der Waals surface area contributed by atoms with E-state index in [4.69, 9.17) is 4.74 Å². The molecule has 194 valence electrons. The van der Waals surface area contributed by atoms with Crippen LogP contribution in [-0.4, -0.2) is 46.7 Å². The smallest absolute Gasteiger partial charge is 0.410 e. The number of nitrogens with one attached hydrogen (secondary N) is 1. The molecule has 3 aromatic carbocycles. The van der Waals surface area contributed by atoms with Crippen LogP contribution in [0.1, 0.15) is 50.3 Å². The van der Waals surface area contributed by atoms with Crippen LogP contribution in [0.25, 0.3) is 0 Å². The molecule has 0 aliphatic carbocycles. The quantitative estimate of drug-likeness (QED) is 0.393. The van der Waals surface area contributed by atoms with E-state index in [1.54, 1.807) is 20.8 Å². The molecule has 7 nitrogen and oxygen atoms in total. The number of hydrogen-bond donors (Lipinski definition) is 2. The molecule has 0 heterocycles. The number of likely N-dealkylation sites (N-methyl/N-ethyl adjacent to an activating group) is 1. The molecular weight excluding hydrogens is 468 g/mol. The van der Waals surface area contributed by atoms with E-state index in [2.05, 4.69) is 5.32 Å². The highest BCUT2D eigenvalue weighted by Gasteiger charge is 2.38. The van der Waals surface area contributed by atoms with Crippen molar-refractivity contribution in [2.75, 3.05) is 7.05 Å². The minimum absolute atomic E-state index is 0.0780. The fraction of sp³-hybridized carbons (Fsp3) is 0.300. The molecule has 0 radical (unpaired) electrons. The van der Waals surface area contributed by atoms with Crippen molar-refractivity contribution in [1.82, 2.24) is 10.2 Å². The first-order valence-corrected chi connectivity index (χ1v) is 12.2. The summed E-state index contributed by atoms with van der Waals surface area (Å²) in [7, 11) is 1.37. The van der Waals surface area contributed by atoms with Gasteiger partial charge < -0.3 is 15.2 Å². The second kappa shape index (κ2) is 11.7. The summed E-state index contributed by atoms with van der Waals surface area (Å²) in [5, 5.41) is 13.0. The lowest BCUT2D eigenvalue weighted by atomic mass is 9.77. The van der Waals surface area contributed by atoms with Gasteiger partial charge >= 0.3 is 12.1 Å². The second-order valence-electron chi connectivity index (χ2n) is 9.88. The Morgan fingerprint density at radius 1 is 0.811 bits per heavy atom. The Bertz CT molecular complexity index is 1090. The molecule has 0 unspecified atom stereocenters. The van der Waals surface area contributed by atoms with Gasteiger partial charge in [0.1, 0.15) is 17.2 Å². The third-order valence-electron chi connectivity index (χ3n) is 6.03. The van der Waals surface area contributed by atoms with Crippen LogP contribution in [0.15, 0.2) is 91.0 Å². The van der Waals surface area contributed by atoms with Crippen LogP contribution in [0.5, 0.6) is 0 Å². The summed E-state index contributed by atoms with van der Waals surface area (Å²) >= 11 is 0.